The maximum atomic E-state index is 12.4. The van der Waals surface area contributed by atoms with E-state index >= 15 is 0 Å². The molecule has 1 amide bonds. The van der Waals surface area contributed by atoms with Gasteiger partial charge in [-0.15, -0.1) is 0 Å². The monoisotopic (exact) mass is 370 g/mol. The lowest BCUT2D eigenvalue weighted by atomic mass is 9.95. The number of hydrogen-bond acceptors (Lipinski definition) is 5. The fourth-order valence-electron chi connectivity index (χ4n) is 2.60. The molecule has 144 valence electrons. The van der Waals surface area contributed by atoms with Crippen LogP contribution in [0.2, 0.25) is 0 Å². The fraction of sp³-hybridized carbons (Fsp3) is 0.429. The highest BCUT2D eigenvalue weighted by atomic mass is 16.5. The van der Waals surface area contributed by atoms with Gasteiger partial charge in [0.15, 0.2) is 0 Å². The number of esters is 1. The van der Waals surface area contributed by atoms with E-state index in [9.17, 15) is 9.59 Å². The van der Waals surface area contributed by atoms with Crippen molar-refractivity contribution < 1.29 is 19.4 Å². The molecule has 1 aromatic rings. The van der Waals surface area contributed by atoms with E-state index in [1.165, 1.54) is 7.11 Å². The zero-order valence-electron chi connectivity index (χ0n) is 15.9. The molecule has 2 rings (SSSR count). The Morgan fingerprint density at radius 3 is 2.59 bits per heavy atom. The molecule has 0 unspecified atom stereocenters. The zero-order valence-corrected chi connectivity index (χ0v) is 15.9. The maximum absolute atomic E-state index is 12.4. The number of nitrogens with two attached hydrogens (primary N) is 1. The smallest absolute Gasteiger partial charge is 0.330 e. The van der Waals surface area contributed by atoms with Crippen LogP contribution in [0.4, 0.5) is 0 Å². The van der Waals surface area contributed by atoms with Gasteiger partial charge in [0, 0.05) is 23.3 Å². The van der Waals surface area contributed by atoms with Crippen molar-refractivity contribution in [3.05, 3.63) is 47.5 Å². The van der Waals surface area contributed by atoms with Crippen molar-refractivity contribution in [1.82, 2.24) is 5.32 Å². The van der Waals surface area contributed by atoms with Gasteiger partial charge < -0.3 is 20.9 Å². The number of aliphatic hydroxyl groups is 1. The van der Waals surface area contributed by atoms with Crippen molar-refractivity contribution in [3.63, 3.8) is 0 Å². The summed E-state index contributed by atoms with van der Waals surface area (Å²) in [7, 11) is 1.25. The second-order valence-electron chi connectivity index (χ2n) is 7.30. The lowest BCUT2D eigenvalue weighted by molar-refractivity contribution is -0.144. The van der Waals surface area contributed by atoms with Gasteiger partial charge in [0.2, 0.25) is 0 Å². The first-order valence-corrected chi connectivity index (χ1v) is 8.83. The van der Waals surface area contributed by atoms with Crippen LogP contribution in [0.5, 0.6) is 0 Å². The van der Waals surface area contributed by atoms with E-state index < -0.39 is 23.5 Å². The van der Waals surface area contributed by atoms with Gasteiger partial charge in [-0.05, 0) is 62.4 Å². The number of carbonyl (C=O) groups excluding carboxylic acids is 2. The summed E-state index contributed by atoms with van der Waals surface area (Å²) < 4.78 is 4.71. The summed E-state index contributed by atoms with van der Waals surface area (Å²) in [4.78, 5) is 24.3. The average molecular weight is 370 g/mol. The van der Waals surface area contributed by atoms with Gasteiger partial charge in [-0.3, -0.25) is 4.79 Å². The van der Waals surface area contributed by atoms with Crippen molar-refractivity contribution in [2.24, 2.45) is 17.6 Å². The summed E-state index contributed by atoms with van der Waals surface area (Å²) in [5, 5.41) is 11.6. The third-order valence-electron chi connectivity index (χ3n) is 4.46. The number of amides is 1. The third-order valence-corrected chi connectivity index (χ3v) is 4.46. The quantitative estimate of drug-likeness (QED) is 0.516. The molecule has 0 aliphatic heterocycles. The molecule has 0 heterocycles. The minimum atomic E-state index is -0.961. The van der Waals surface area contributed by atoms with Crippen LogP contribution in [0.3, 0.4) is 0 Å². The SMILES string of the molecule is COC(=O)[C@@H](NC(=O)c1ccc(C#C/C=C/[C@@H]2C[C@H]2CO)cc1)C(C)(C)N. The number of allylic oxidation sites excluding steroid dienone is 2. The zero-order chi connectivity index (χ0) is 20.0. The number of methoxy groups -OCH3 is 1. The van der Waals surface area contributed by atoms with Gasteiger partial charge in [0.1, 0.15) is 6.04 Å². The minimum absolute atomic E-state index is 0.226. The van der Waals surface area contributed by atoms with Crippen molar-refractivity contribution >= 4 is 11.9 Å². The summed E-state index contributed by atoms with van der Waals surface area (Å²) in [5.74, 6) is 5.76. The van der Waals surface area contributed by atoms with E-state index in [-0.39, 0.29) is 6.61 Å². The molecule has 6 nitrogen and oxygen atoms in total. The minimum Gasteiger partial charge on any atom is -0.467 e. The number of ether oxygens (including phenoxy) is 1. The largest absolute Gasteiger partial charge is 0.467 e. The van der Waals surface area contributed by atoms with Crippen molar-refractivity contribution in [2.45, 2.75) is 31.8 Å². The predicted molar refractivity (Wildman–Crippen MR) is 103 cm³/mol. The number of benzene rings is 1. The van der Waals surface area contributed by atoms with Crippen molar-refractivity contribution in [3.8, 4) is 11.8 Å². The molecule has 1 saturated carbocycles. The first-order valence-electron chi connectivity index (χ1n) is 8.83. The molecule has 0 spiro atoms. The number of carbonyl (C=O) groups is 2. The topological polar surface area (TPSA) is 102 Å². The highest BCUT2D eigenvalue weighted by molar-refractivity contribution is 5.97. The van der Waals surface area contributed by atoms with Gasteiger partial charge in [0.25, 0.3) is 5.91 Å². The third kappa shape index (κ3) is 5.95. The van der Waals surface area contributed by atoms with Crippen LogP contribution in [-0.4, -0.2) is 42.3 Å². The Balaban J connectivity index is 1.98. The Bertz CT molecular complexity index is 766. The number of rotatable bonds is 6. The molecule has 1 aliphatic carbocycles. The summed E-state index contributed by atoms with van der Waals surface area (Å²) in [6, 6.07) is 5.81. The number of aliphatic hydroxyl groups excluding tert-OH is 1. The van der Waals surface area contributed by atoms with E-state index in [1.807, 2.05) is 6.08 Å². The number of nitrogens with one attached hydrogen (secondary N) is 1. The number of hydrogen-bond donors (Lipinski definition) is 3. The lowest BCUT2D eigenvalue weighted by Crippen LogP contribution is -2.59. The van der Waals surface area contributed by atoms with Crippen LogP contribution < -0.4 is 11.1 Å². The molecule has 1 aliphatic rings. The fourth-order valence-corrected chi connectivity index (χ4v) is 2.60. The van der Waals surface area contributed by atoms with Crippen molar-refractivity contribution in [2.75, 3.05) is 13.7 Å². The Kier molecular flexibility index (Phi) is 6.78. The molecule has 0 saturated heterocycles. The Morgan fingerprint density at radius 2 is 2.07 bits per heavy atom. The molecule has 0 aromatic heterocycles. The molecule has 1 aromatic carbocycles. The second kappa shape index (κ2) is 8.85. The van der Waals surface area contributed by atoms with Crippen LogP contribution in [0.15, 0.2) is 36.4 Å². The van der Waals surface area contributed by atoms with Crippen LogP contribution >= 0.6 is 0 Å². The van der Waals surface area contributed by atoms with Gasteiger partial charge in [0.05, 0.1) is 7.11 Å². The van der Waals surface area contributed by atoms with Gasteiger partial charge >= 0.3 is 5.97 Å². The first kappa shape index (κ1) is 20.7. The molecule has 0 radical (unpaired) electrons. The highest BCUT2D eigenvalue weighted by Crippen LogP contribution is 2.38. The molecular weight excluding hydrogens is 344 g/mol. The van der Waals surface area contributed by atoms with Crippen molar-refractivity contribution in [1.29, 1.82) is 0 Å². The van der Waals surface area contributed by atoms with E-state index in [4.69, 9.17) is 15.6 Å². The molecule has 6 heteroatoms. The van der Waals surface area contributed by atoms with Crippen LogP contribution in [0, 0.1) is 23.7 Å². The van der Waals surface area contributed by atoms with Crippen LogP contribution in [0.1, 0.15) is 36.2 Å². The molecule has 1 fully saturated rings. The summed E-state index contributed by atoms with van der Waals surface area (Å²) in [5.41, 5.74) is 6.18. The van der Waals surface area contributed by atoms with E-state index in [1.54, 1.807) is 44.2 Å². The molecular formula is C21H26N2O4. The Labute approximate surface area is 159 Å². The van der Waals surface area contributed by atoms with Crippen LogP contribution in [-0.2, 0) is 9.53 Å². The summed E-state index contributed by atoms with van der Waals surface area (Å²) >= 11 is 0. The Hall–Kier alpha value is -2.62. The predicted octanol–water partition coefficient (Wildman–Crippen LogP) is 1.23. The van der Waals surface area contributed by atoms with Gasteiger partial charge in [-0.25, -0.2) is 4.79 Å². The first-order chi connectivity index (χ1) is 12.8. The second-order valence-corrected chi connectivity index (χ2v) is 7.30. The maximum Gasteiger partial charge on any atom is 0.330 e. The lowest BCUT2D eigenvalue weighted by Gasteiger charge is -2.28. The molecule has 3 atom stereocenters. The molecule has 27 heavy (non-hydrogen) atoms. The van der Waals surface area contributed by atoms with E-state index in [0.29, 0.717) is 17.4 Å². The summed E-state index contributed by atoms with van der Waals surface area (Å²) in [6.45, 7) is 3.51. The molecule has 0 bridgehead atoms. The highest BCUT2D eigenvalue weighted by Gasteiger charge is 2.34. The average Bonchev–Trinajstić information content (AvgIpc) is 3.40. The molecule has 4 N–H and O–H groups in total. The Morgan fingerprint density at radius 1 is 1.41 bits per heavy atom. The summed E-state index contributed by atoms with van der Waals surface area (Å²) in [6.07, 6.45) is 4.83. The normalized spacial score (nSPS) is 19.7. The van der Waals surface area contributed by atoms with Gasteiger partial charge in [-0.2, -0.15) is 0 Å². The standard InChI is InChI=1S/C21H26N2O4/c1-21(2,22)18(20(26)27-3)23-19(25)15-10-8-14(9-11-15)6-4-5-7-16-12-17(16)13-24/h5,7-11,16-18,24H,12-13,22H2,1-3H3,(H,23,25)/b7-5+/t16-,17+,18-/m1/s1. The van der Waals surface area contributed by atoms with E-state index in [0.717, 1.165) is 12.0 Å². The van der Waals surface area contributed by atoms with Gasteiger partial charge in [-0.1, -0.05) is 17.9 Å². The van der Waals surface area contributed by atoms with Crippen LogP contribution in [0.25, 0.3) is 0 Å². The van der Waals surface area contributed by atoms with E-state index in [2.05, 4.69) is 17.2 Å².